The monoisotopic (exact) mass is 288 g/mol. The Bertz CT molecular complexity index is 634. The van der Waals surface area contributed by atoms with E-state index in [4.69, 9.17) is 9.94 Å². The fourth-order valence-electron chi connectivity index (χ4n) is 2.04. The van der Waals surface area contributed by atoms with Gasteiger partial charge in [-0.1, -0.05) is 18.1 Å². The van der Waals surface area contributed by atoms with Gasteiger partial charge in [-0.05, 0) is 38.0 Å². The van der Waals surface area contributed by atoms with E-state index in [-0.39, 0.29) is 0 Å². The van der Waals surface area contributed by atoms with Crippen molar-refractivity contribution in [2.24, 2.45) is 5.16 Å². The van der Waals surface area contributed by atoms with Gasteiger partial charge in [0.05, 0.1) is 5.71 Å². The van der Waals surface area contributed by atoms with Crippen molar-refractivity contribution in [1.29, 1.82) is 0 Å². The highest BCUT2D eigenvalue weighted by Gasteiger charge is 2.10. The summed E-state index contributed by atoms with van der Waals surface area (Å²) in [6.07, 6.45) is 2.52. The maximum atomic E-state index is 8.95. The van der Waals surface area contributed by atoms with Crippen molar-refractivity contribution in [1.82, 2.24) is 14.8 Å². The molecular formula is C15H20N4O2. The summed E-state index contributed by atoms with van der Waals surface area (Å²) in [6, 6.07) is 5.76. The fraction of sp³-hybridized carbons (Fsp3) is 0.400. The lowest BCUT2D eigenvalue weighted by Crippen LogP contribution is -2.10. The van der Waals surface area contributed by atoms with E-state index >= 15 is 0 Å². The van der Waals surface area contributed by atoms with Crippen LogP contribution in [-0.2, 0) is 13.2 Å². The van der Waals surface area contributed by atoms with Gasteiger partial charge in [0.1, 0.15) is 18.7 Å². The number of oxime groups is 1. The van der Waals surface area contributed by atoms with E-state index in [1.54, 1.807) is 6.92 Å². The van der Waals surface area contributed by atoms with Crippen molar-refractivity contribution >= 4 is 5.71 Å². The lowest BCUT2D eigenvalue weighted by Gasteiger charge is -2.12. The number of hydrogen-bond donors (Lipinski definition) is 1. The summed E-state index contributed by atoms with van der Waals surface area (Å²) in [4.78, 5) is 4.21. The molecule has 21 heavy (non-hydrogen) atoms. The zero-order valence-corrected chi connectivity index (χ0v) is 12.6. The molecule has 0 saturated carbocycles. The molecule has 0 unspecified atom stereocenters. The van der Waals surface area contributed by atoms with E-state index in [0.717, 1.165) is 29.9 Å². The molecule has 2 aromatic rings. The molecule has 0 aliphatic rings. The molecule has 112 valence electrons. The Hall–Kier alpha value is -2.37. The Morgan fingerprint density at radius 3 is 2.95 bits per heavy atom. The van der Waals surface area contributed by atoms with Crippen LogP contribution >= 0.6 is 0 Å². The molecule has 6 nitrogen and oxygen atoms in total. The standard InChI is InChI=1S/C15H20N4O2/c1-4-7-19-15(16-10-17-19)9-21-14-8-11(2)5-6-13(14)12(3)18-20/h5-6,8,10,20H,4,7,9H2,1-3H3. The minimum absolute atomic E-state index is 0.329. The van der Waals surface area contributed by atoms with Gasteiger partial charge in [0.15, 0.2) is 5.82 Å². The van der Waals surface area contributed by atoms with Crippen LogP contribution in [0.15, 0.2) is 29.7 Å². The number of aryl methyl sites for hydroxylation is 2. The van der Waals surface area contributed by atoms with Crippen LogP contribution in [0.3, 0.4) is 0 Å². The summed E-state index contributed by atoms with van der Waals surface area (Å²) in [5, 5.41) is 16.4. The minimum atomic E-state index is 0.329. The first-order valence-electron chi connectivity index (χ1n) is 6.94. The molecule has 1 N–H and O–H groups in total. The SMILES string of the molecule is CCCn1ncnc1COc1cc(C)ccc1C(C)=NO. The van der Waals surface area contributed by atoms with Gasteiger partial charge in [0.2, 0.25) is 0 Å². The van der Waals surface area contributed by atoms with Crippen molar-refractivity contribution in [3.8, 4) is 5.75 Å². The summed E-state index contributed by atoms with van der Waals surface area (Å²) in [5.74, 6) is 1.46. The second kappa shape index (κ2) is 6.88. The molecule has 1 heterocycles. The molecule has 0 spiro atoms. The Kier molecular flexibility index (Phi) is 4.92. The Morgan fingerprint density at radius 2 is 2.24 bits per heavy atom. The third-order valence-electron chi connectivity index (χ3n) is 3.16. The predicted molar refractivity (Wildman–Crippen MR) is 79.8 cm³/mol. The van der Waals surface area contributed by atoms with Gasteiger partial charge < -0.3 is 9.94 Å². The number of hydrogen-bond acceptors (Lipinski definition) is 5. The minimum Gasteiger partial charge on any atom is -0.485 e. The van der Waals surface area contributed by atoms with Crippen LogP contribution in [0, 0.1) is 6.92 Å². The first-order valence-corrected chi connectivity index (χ1v) is 6.94. The quantitative estimate of drug-likeness (QED) is 0.504. The van der Waals surface area contributed by atoms with Crippen molar-refractivity contribution in [3.63, 3.8) is 0 Å². The van der Waals surface area contributed by atoms with Crippen LogP contribution in [0.25, 0.3) is 0 Å². The highest BCUT2D eigenvalue weighted by atomic mass is 16.5. The van der Waals surface area contributed by atoms with Crippen molar-refractivity contribution in [2.75, 3.05) is 0 Å². The Labute approximate surface area is 124 Å². The zero-order chi connectivity index (χ0) is 15.2. The number of benzene rings is 1. The fourth-order valence-corrected chi connectivity index (χ4v) is 2.04. The molecule has 1 aromatic carbocycles. The van der Waals surface area contributed by atoms with Crippen LogP contribution in [0.1, 0.15) is 37.2 Å². The molecule has 0 radical (unpaired) electrons. The van der Waals surface area contributed by atoms with Crippen molar-refractivity contribution in [2.45, 2.75) is 40.3 Å². The van der Waals surface area contributed by atoms with Crippen LogP contribution in [0.5, 0.6) is 5.75 Å². The van der Waals surface area contributed by atoms with Crippen LogP contribution in [0.2, 0.25) is 0 Å². The van der Waals surface area contributed by atoms with E-state index < -0.39 is 0 Å². The van der Waals surface area contributed by atoms with Gasteiger partial charge in [0.25, 0.3) is 0 Å². The summed E-state index contributed by atoms with van der Waals surface area (Å²) >= 11 is 0. The van der Waals surface area contributed by atoms with Crippen molar-refractivity contribution in [3.05, 3.63) is 41.5 Å². The van der Waals surface area contributed by atoms with E-state index in [2.05, 4.69) is 22.2 Å². The summed E-state index contributed by atoms with van der Waals surface area (Å²) < 4.78 is 7.69. The zero-order valence-electron chi connectivity index (χ0n) is 12.6. The molecule has 0 bridgehead atoms. The highest BCUT2D eigenvalue weighted by molar-refractivity contribution is 6.00. The van der Waals surface area contributed by atoms with E-state index in [1.165, 1.54) is 6.33 Å². The van der Waals surface area contributed by atoms with Crippen LogP contribution in [-0.4, -0.2) is 25.7 Å². The maximum absolute atomic E-state index is 8.95. The first kappa shape index (κ1) is 15.0. The third kappa shape index (κ3) is 3.59. The van der Waals surface area contributed by atoms with Gasteiger partial charge in [-0.15, -0.1) is 0 Å². The van der Waals surface area contributed by atoms with Crippen LogP contribution in [0.4, 0.5) is 0 Å². The van der Waals surface area contributed by atoms with Gasteiger partial charge >= 0.3 is 0 Å². The number of ether oxygens (including phenoxy) is 1. The van der Waals surface area contributed by atoms with Crippen LogP contribution < -0.4 is 4.74 Å². The number of nitrogens with zero attached hydrogens (tertiary/aromatic N) is 4. The van der Waals surface area contributed by atoms with Crippen molar-refractivity contribution < 1.29 is 9.94 Å². The van der Waals surface area contributed by atoms with E-state index in [0.29, 0.717) is 18.1 Å². The molecule has 6 heteroatoms. The topological polar surface area (TPSA) is 72.5 Å². The second-order valence-corrected chi connectivity index (χ2v) is 4.87. The molecule has 0 saturated heterocycles. The van der Waals surface area contributed by atoms with Gasteiger partial charge in [-0.2, -0.15) is 5.10 Å². The molecule has 0 aliphatic heterocycles. The molecule has 0 fully saturated rings. The largest absolute Gasteiger partial charge is 0.485 e. The first-order chi connectivity index (χ1) is 10.2. The van der Waals surface area contributed by atoms with E-state index in [1.807, 2.05) is 29.8 Å². The Morgan fingerprint density at radius 1 is 1.43 bits per heavy atom. The second-order valence-electron chi connectivity index (χ2n) is 4.87. The lowest BCUT2D eigenvalue weighted by molar-refractivity contribution is 0.284. The maximum Gasteiger partial charge on any atom is 0.164 e. The molecule has 0 aliphatic carbocycles. The molecule has 2 rings (SSSR count). The summed E-state index contributed by atoms with van der Waals surface area (Å²) in [5.41, 5.74) is 2.36. The highest BCUT2D eigenvalue weighted by Crippen LogP contribution is 2.22. The molecular weight excluding hydrogens is 268 g/mol. The smallest absolute Gasteiger partial charge is 0.164 e. The average Bonchev–Trinajstić information content (AvgIpc) is 2.92. The molecule has 1 aromatic heterocycles. The summed E-state index contributed by atoms with van der Waals surface area (Å²) in [7, 11) is 0. The average molecular weight is 288 g/mol. The predicted octanol–water partition coefficient (Wildman–Crippen LogP) is 2.77. The molecule has 0 atom stereocenters. The van der Waals surface area contributed by atoms with E-state index in [9.17, 15) is 0 Å². The number of aromatic nitrogens is 3. The van der Waals surface area contributed by atoms with Gasteiger partial charge in [-0.3, -0.25) is 0 Å². The molecule has 0 amide bonds. The Balaban J connectivity index is 2.19. The summed E-state index contributed by atoms with van der Waals surface area (Å²) in [6.45, 7) is 6.95. The third-order valence-corrected chi connectivity index (χ3v) is 3.16. The normalized spacial score (nSPS) is 11.7. The van der Waals surface area contributed by atoms with Gasteiger partial charge in [-0.25, -0.2) is 9.67 Å². The lowest BCUT2D eigenvalue weighted by atomic mass is 10.1. The number of rotatable bonds is 6. The van der Waals surface area contributed by atoms with Gasteiger partial charge in [0, 0.05) is 12.1 Å².